The zero-order chi connectivity index (χ0) is 15.2. The fourth-order valence-corrected chi connectivity index (χ4v) is 4.94. The second-order valence-electron chi connectivity index (χ2n) is 7.97. The number of β-amino-alcohol motifs (C(OH)–C–C–N with tert-alkyl or cyclic N) is 1. The van der Waals surface area contributed by atoms with E-state index in [-0.39, 0.29) is 6.10 Å². The predicted octanol–water partition coefficient (Wildman–Crippen LogP) is 3.27. The smallest absolute Gasteiger partial charge is 0.0822 e. The Hall–Kier alpha value is -0.120. The van der Waals surface area contributed by atoms with Gasteiger partial charge in [-0.3, -0.25) is 4.90 Å². The Balaban J connectivity index is 1.37. The molecule has 2 saturated heterocycles. The summed E-state index contributed by atoms with van der Waals surface area (Å²) >= 11 is 0. The minimum atomic E-state index is -0.127. The van der Waals surface area contributed by atoms with Crippen molar-refractivity contribution in [2.45, 2.75) is 82.8 Å². The predicted molar refractivity (Wildman–Crippen MR) is 92.1 cm³/mol. The molecule has 0 unspecified atom stereocenters. The van der Waals surface area contributed by atoms with Crippen LogP contribution in [0.25, 0.3) is 0 Å². The molecule has 0 spiro atoms. The van der Waals surface area contributed by atoms with E-state index < -0.39 is 0 Å². The van der Waals surface area contributed by atoms with Gasteiger partial charge in [0, 0.05) is 12.6 Å². The van der Waals surface area contributed by atoms with Crippen LogP contribution in [0.4, 0.5) is 0 Å². The van der Waals surface area contributed by atoms with Crippen LogP contribution in [0.15, 0.2) is 0 Å². The van der Waals surface area contributed by atoms with Gasteiger partial charge in [0.25, 0.3) is 0 Å². The first-order valence-electron chi connectivity index (χ1n) is 9.97. The second-order valence-corrected chi connectivity index (χ2v) is 7.97. The van der Waals surface area contributed by atoms with Crippen molar-refractivity contribution in [2.75, 3.05) is 32.7 Å². The Kier molecular flexibility index (Phi) is 6.58. The molecule has 0 aromatic carbocycles. The molecule has 1 aliphatic carbocycles. The van der Waals surface area contributed by atoms with Gasteiger partial charge < -0.3 is 10.0 Å². The van der Waals surface area contributed by atoms with Gasteiger partial charge in [0.1, 0.15) is 0 Å². The van der Waals surface area contributed by atoms with Crippen LogP contribution < -0.4 is 0 Å². The monoisotopic (exact) mass is 308 g/mol. The molecular weight excluding hydrogens is 272 g/mol. The summed E-state index contributed by atoms with van der Waals surface area (Å²) in [6.07, 6.45) is 15.1. The summed E-state index contributed by atoms with van der Waals surface area (Å²) in [7, 11) is 0. The lowest BCUT2D eigenvalue weighted by Crippen LogP contribution is -2.54. The summed E-state index contributed by atoms with van der Waals surface area (Å²) in [6.45, 7) is 5.74. The van der Waals surface area contributed by atoms with Gasteiger partial charge in [-0.25, -0.2) is 0 Å². The first-order chi connectivity index (χ1) is 10.8. The average molecular weight is 309 g/mol. The van der Waals surface area contributed by atoms with Crippen LogP contribution in [0, 0.1) is 5.92 Å². The number of nitrogens with zero attached hydrogens (tertiary/aromatic N) is 2. The summed E-state index contributed by atoms with van der Waals surface area (Å²) in [6, 6.07) is 0.434. The molecule has 3 rings (SSSR count). The van der Waals surface area contributed by atoms with E-state index in [0.717, 1.165) is 12.5 Å². The largest absolute Gasteiger partial charge is 0.390 e. The third-order valence-corrected chi connectivity index (χ3v) is 6.30. The number of likely N-dealkylation sites (tertiary alicyclic amines) is 2. The van der Waals surface area contributed by atoms with Crippen molar-refractivity contribution >= 4 is 0 Å². The third kappa shape index (κ3) is 4.69. The van der Waals surface area contributed by atoms with Crippen LogP contribution in [-0.2, 0) is 0 Å². The normalized spacial score (nSPS) is 33.1. The average Bonchev–Trinajstić information content (AvgIpc) is 2.89. The Morgan fingerprint density at radius 1 is 0.818 bits per heavy atom. The Bertz CT molecular complexity index is 309. The molecule has 0 radical (unpaired) electrons. The van der Waals surface area contributed by atoms with Crippen LogP contribution >= 0.6 is 0 Å². The van der Waals surface area contributed by atoms with E-state index in [1.807, 2.05) is 0 Å². The van der Waals surface area contributed by atoms with Crippen molar-refractivity contribution in [2.24, 2.45) is 5.92 Å². The number of hydrogen-bond acceptors (Lipinski definition) is 3. The van der Waals surface area contributed by atoms with E-state index in [0.29, 0.717) is 6.04 Å². The van der Waals surface area contributed by atoms with Crippen LogP contribution in [0.1, 0.15) is 70.6 Å². The van der Waals surface area contributed by atoms with Gasteiger partial charge in [0.2, 0.25) is 0 Å². The number of piperidine rings is 1. The topological polar surface area (TPSA) is 26.7 Å². The van der Waals surface area contributed by atoms with Crippen LogP contribution in [-0.4, -0.2) is 59.8 Å². The maximum Gasteiger partial charge on any atom is 0.0822 e. The first-order valence-corrected chi connectivity index (χ1v) is 9.97. The molecule has 2 heterocycles. The van der Waals surface area contributed by atoms with Gasteiger partial charge in [-0.1, -0.05) is 38.5 Å². The van der Waals surface area contributed by atoms with Gasteiger partial charge in [0.15, 0.2) is 0 Å². The second kappa shape index (κ2) is 8.65. The van der Waals surface area contributed by atoms with Crippen LogP contribution in [0.5, 0.6) is 0 Å². The van der Waals surface area contributed by atoms with Gasteiger partial charge in [-0.2, -0.15) is 0 Å². The first kappa shape index (κ1) is 16.7. The quantitative estimate of drug-likeness (QED) is 0.844. The zero-order valence-electron chi connectivity index (χ0n) is 14.4. The summed E-state index contributed by atoms with van der Waals surface area (Å²) < 4.78 is 0. The summed E-state index contributed by atoms with van der Waals surface area (Å²) in [5.74, 6) is 1.01. The molecule has 2 aliphatic heterocycles. The highest BCUT2D eigenvalue weighted by atomic mass is 16.3. The Morgan fingerprint density at radius 2 is 1.55 bits per heavy atom. The SMILES string of the molecule is O[C@@H]1CN(CCCC2CCCC2)CC[C@H]1N1CCCCCC1. The molecule has 3 aliphatic rings. The van der Waals surface area contributed by atoms with Crippen molar-refractivity contribution in [1.82, 2.24) is 9.80 Å². The zero-order valence-corrected chi connectivity index (χ0v) is 14.4. The number of aliphatic hydroxyl groups is 1. The van der Waals surface area contributed by atoms with Crippen molar-refractivity contribution in [1.29, 1.82) is 0 Å². The highest BCUT2D eigenvalue weighted by molar-refractivity contribution is 4.87. The molecule has 0 aromatic heterocycles. The van der Waals surface area contributed by atoms with E-state index in [9.17, 15) is 5.11 Å². The molecule has 2 atom stereocenters. The molecule has 0 aromatic rings. The molecule has 1 N–H and O–H groups in total. The maximum atomic E-state index is 10.6. The fourth-order valence-electron chi connectivity index (χ4n) is 4.94. The molecule has 0 amide bonds. The van der Waals surface area contributed by atoms with Crippen LogP contribution in [0.3, 0.4) is 0 Å². The van der Waals surface area contributed by atoms with Gasteiger partial charge >= 0.3 is 0 Å². The lowest BCUT2D eigenvalue weighted by molar-refractivity contribution is -0.0125. The maximum absolute atomic E-state index is 10.6. The molecule has 3 fully saturated rings. The highest BCUT2D eigenvalue weighted by Crippen LogP contribution is 2.29. The van der Waals surface area contributed by atoms with Gasteiger partial charge in [-0.05, 0) is 64.2 Å². The molecule has 3 nitrogen and oxygen atoms in total. The Morgan fingerprint density at radius 3 is 2.23 bits per heavy atom. The minimum absolute atomic E-state index is 0.127. The number of hydrogen-bond donors (Lipinski definition) is 1. The third-order valence-electron chi connectivity index (χ3n) is 6.30. The summed E-state index contributed by atoms with van der Waals surface area (Å²) in [5, 5.41) is 10.6. The molecule has 22 heavy (non-hydrogen) atoms. The lowest BCUT2D eigenvalue weighted by Gasteiger charge is -2.41. The van der Waals surface area contributed by atoms with Crippen molar-refractivity contribution in [3.8, 4) is 0 Å². The van der Waals surface area contributed by atoms with Gasteiger partial charge in [0.05, 0.1) is 6.10 Å². The van der Waals surface area contributed by atoms with E-state index in [1.54, 1.807) is 0 Å². The Labute approximate surface area is 137 Å². The number of aliphatic hydroxyl groups excluding tert-OH is 1. The fraction of sp³-hybridized carbons (Fsp3) is 1.00. The van der Waals surface area contributed by atoms with E-state index in [1.165, 1.54) is 96.8 Å². The van der Waals surface area contributed by atoms with E-state index >= 15 is 0 Å². The standard InChI is InChI=1S/C19H36N2O/c22-19-16-20(12-7-10-17-8-3-4-9-17)15-11-18(19)21-13-5-1-2-6-14-21/h17-19,22H,1-16H2/t18-,19-/m1/s1. The molecule has 0 bridgehead atoms. The van der Waals surface area contributed by atoms with Gasteiger partial charge in [-0.15, -0.1) is 0 Å². The summed E-state index contributed by atoms with van der Waals surface area (Å²) in [4.78, 5) is 5.11. The lowest BCUT2D eigenvalue weighted by atomic mass is 9.98. The highest BCUT2D eigenvalue weighted by Gasteiger charge is 2.32. The molecule has 1 saturated carbocycles. The molecule has 128 valence electrons. The van der Waals surface area contributed by atoms with Crippen molar-refractivity contribution in [3.63, 3.8) is 0 Å². The van der Waals surface area contributed by atoms with Crippen molar-refractivity contribution < 1.29 is 5.11 Å². The van der Waals surface area contributed by atoms with Crippen molar-refractivity contribution in [3.05, 3.63) is 0 Å². The molecule has 3 heteroatoms. The molecular formula is C19H36N2O. The van der Waals surface area contributed by atoms with E-state index in [4.69, 9.17) is 0 Å². The number of rotatable bonds is 5. The minimum Gasteiger partial charge on any atom is -0.390 e. The summed E-state index contributed by atoms with van der Waals surface area (Å²) in [5.41, 5.74) is 0. The van der Waals surface area contributed by atoms with Crippen LogP contribution in [0.2, 0.25) is 0 Å². The van der Waals surface area contributed by atoms with E-state index in [2.05, 4.69) is 9.80 Å².